The first kappa shape index (κ1) is 19.3. The van der Waals surface area contributed by atoms with Crippen molar-refractivity contribution in [3.63, 3.8) is 0 Å². The van der Waals surface area contributed by atoms with Gasteiger partial charge >= 0.3 is 0 Å². The van der Waals surface area contributed by atoms with Crippen molar-refractivity contribution in [2.75, 3.05) is 14.2 Å². The van der Waals surface area contributed by atoms with Gasteiger partial charge in [-0.1, -0.05) is 35.1 Å². The Morgan fingerprint density at radius 1 is 0.903 bits per heavy atom. The van der Waals surface area contributed by atoms with Crippen molar-refractivity contribution in [3.8, 4) is 22.8 Å². The second-order valence-corrected chi connectivity index (χ2v) is 8.15. The summed E-state index contributed by atoms with van der Waals surface area (Å²) in [5.41, 5.74) is 3.73. The Hall–Kier alpha value is -3.64. The summed E-state index contributed by atoms with van der Waals surface area (Å²) in [4.78, 5) is 9.58. The van der Waals surface area contributed by atoms with E-state index in [0.717, 1.165) is 37.7 Å². The summed E-state index contributed by atoms with van der Waals surface area (Å²) in [6.07, 6.45) is 0. The van der Waals surface area contributed by atoms with E-state index in [1.165, 1.54) is 0 Å². The van der Waals surface area contributed by atoms with Crippen LogP contribution in [0.1, 0.15) is 5.56 Å². The van der Waals surface area contributed by atoms with Crippen LogP contribution in [-0.4, -0.2) is 19.2 Å². The third-order valence-electron chi connectivity index (χ3n) is 5.07. The Labute approximate surface area is 183 Å². The Kier molecular flexibility index (Phi) is 4.92. The highest BCUT2D eigenvalue weighted by atomic mass is 32.1. The number of hydrogen-bond donors (Lipinski definition) is 0. The van der Waals surface area contributed by atoms with Gasteiger partial charge in [-0.2, -0.15) is 0 Å². The lowest BCUT2D eigenvalue weighted by atomic mass is 10.1. The molecule has 0 unspecified atom stereocenters. The number of para-hydroxylation sites is 1. The summed E-state index contributed by atoms with van der Waals surface area (Å²) in [7, 11) is 3.24. The van der Waals surface area contributed by atoms with E-state index >= 15 is 0 Å². The number of ether oxygens (including phenoxy) is 2. The van der Waals surface area contributed by atoms with E-state index in [0.29, 0.717) is 22.4 Å². The lowest BCUT2D eigenvalue weighted by molar-refractivity contribution is 0.355. The standard InChI is InChI=1S/C25H20N2O3S/c1-15-8-10-20-17(12-15)19(27-25-26-18-6-4-5-7-24(18)31-25)14-22(30-20)16-9-11-21(28-2)23(13-16)29-3/h4-14H,1-3H3/b27-19+. The van der Waals surface area contributed by atoms with Gasteiger partial charge in [0, 0.05) is 17.0 Å². The third-order valence-corrected chi connectivity index (χ3v) is 6.00. The van der Waals surface area contributed by atoms with Gasteiger partial charge < -0.3 is 13.9 Å². The van der Waals surface area contributed by atoms with Crippen LogP contribution >= 0.6 is 11.3 Å². The number of aromatic nitrogens is 1. The molecule has 0 saturated heterocycles. The van der Waals surface area contributed by atoms with Gasteiger partial charge in [0.25, 0.3) is 0 Å². The molecule has 2 aromatic heterocycles. The van der Waals surface area contributed by atoms with Crippen molar-refractivity contribution in [2.24, 2.45) is 4.99 Å². The van der Waals surface area contributed by atoms with E-state index in [2.05, 4.69) is 24.0 Å². The van der Waals surface area contributed by atoms with Crippen molar-refractivity contribution in [1.29, 1.82) is 0 Å². The zero-order valence-corrected chi connectivity index (χ0v) is 18.2. The van der Waals surface area contributed by atoms with Crippen molar-refractivity contribution in [2.45, 2.75) is 6.92 Å². The third kappa shape index (κ3) is 3.66. The van der Waals surface area contributed by atoms with Gasteiger partial charge in [-0.25, -0.2) is 9.98 Å². The minimum absolute atomic E-state index is 0.642. The minimum Gasteiger partial charge on any atom is -0.493 e. The van der Waals surface area contributed by atoms with Gasteiger partial charge in [0.1, 0.15) is 11.3 Å². The van der Waals surface area contributed by atoms with Crippen LogP contribution in [0.15, 0.2) is 76.1 Å². The lowest BCUT2D eigenvalue weighted by Crippen LogP contribution is -2.03. The first-order valence-corrected chi connectivity index (χ1v) is 10.6. The summed E-state index contributed by atoms with van der Waals surface area (Å²) in [5, 5.41) is 2.48. The number of fused-ring (bicyclic) bond motifs is 2. The molecule has 0 atom stereocenters. The highest BCUT2D eigenvalue weighted by Gasteiger charge is 2.11. The smallest absolute Gasteiger partial charge is 0.210 e. The maximum atomic E-state index is 6.24. The van der Waals surface area contributed by atoms with E-state index < -0.39 is 0 Å². The summed E-state index contributed by atoms with van der Waals surface area (Å²) < 4.78 is 18.2. The minimum atomic E-state index is 0.642. The number of thiazole rings is 1. The van der Waals surface area contributed by atoms with E-state index in [4.69, 9.17) is 18.9 Å². The van der Waals surface area contributed by atoms with Crippen LogP contribution in [0.2, 0.25) is 0 Å². The van der Waals surface area contributed by atoms with Gasteiger partial charge in [-0.15, -0.1) is 0 Å². The largest absolute Gasteiger partial charge is 0.493 e. The molecule has 0 bridgehead atoms. The zero-order valence-electron chi connectivity index (χ0n) is 17.4. The molecule has 0 N–H and O–H groups in total. The predicted molar refractivity (Wildman–Crippen MR) is 124 cm³/mol. The fraction of sp³-hybridized carbons (Fsp3) is 0.120. The van der Waals surface area contributed by atoms with E-state index in [-0.39, 0.29) is 0 Å². The number of nitrogens with zero attached hydrogens (tertiary/aromatic N) is 2. The van der Waals surface area contributed by atoms with Crippen molar-refractivity contribution in [3.05, 3.63) is 77.7 Å². The Morgan fingerprint density at radius 2 is 1.74 bits per heavy atom. The number of aryl methyl sites for hydroxylation is 1. The van der Waals surface area contributed by atoms with Crippen molar-refractivity contribution < 1.29 is 13.9 Å². The number of rotatable bonds is 4. The van der Waals surface area contributed by atoms with Gasteiger partial charge in [-0.05, 0) is 49.4 Å². The van der Waals surface area contributed by atoms with Crippen LogP contribution in [0.25, 0.3) is 32.5 Å². The van der Waals surface area contributed by atoms with E-state index in [9.17, 15) is 0 Å². The molecule has 31 heavy (non-hydrogen) atoms. The predicted octanol–water partition coefficient (Wildman–Crippen LogP) is 6.27. The SMILES string of the molecule is COc1ccc(-c2c/c(=N\c3nc4ccccc4s3)c3cc(C)ccc3o2)cc1OC. The number of hydrogen-bond acceptors (Lipinski definition) is 6. The molecule has 0 aliphatic heterocycles. The first-order valence-electron chi connectivity index (χ1n) is 9.82. The summed E-state index contributed by atoms with van der Waals surface area (Å²) in [5.74, 6) is 2.00. The molecule has 5 rings (SSSR count). The normalized spacial score (nSPS) is 11.9. The second-order valence-electron chi connectivity index (χ2n) is 7.14. The monoisotopic (exact) mass is 428 g/mol. The molecule has 0 radical (unpaired) electrons. The van der Waals surface area contributed by atoms with Crippen LogP contribution in [0.3, 0.4) is 0 Å². The summed E-state index contributed by atoms with van der Waals surface area (Å²) in [6, 6.07) is 21.8. The van der Waals surface area contributed by atoms with Gasteiger partial charge in [0.05, 0.1) is 29.8 Å². The first-order chi connectivity index (χ1) is 15.1. The maximum Gasteiger partial charge on any atom is 0.210 e. The average Bonchev–Trinajstić information content (AvgIpc) is 3.21. The fourth-order valence-corrected chi connectivity index (χ4v) is 4.37. The quantitative estimate of drug-likeness (QED) is 0.339. The molecule has 5 aromatic rings. The van der Waals surface area contributed by atoms with Crippen LogP contribution < -0.4 is 14.8 Å². The van der Waals surface area contributed by atoms with Gasteiger partial charge in [-0.3, -0.25) is 0 Å². The van der Waals surface area contributed by atoms with Crippen LogP contribution in [0.5, 0.6) is 11.5 Å². The molecule has 0 saturated carbocycles. The molecular weight excluding hydrogens is 408 g/mol. The summed E-state index contributed by atoms with van der Waals surface area (Å²) in [6.45, 7) is 2.06. The van der Waals surface area contributed by atoms with Crippen LogP contribution in [0.4, 0.5) is 5.13 Å². The van der Waals surface area contributed by atoms with Crippen LogP contribution in [-0.2, 0) is 0 Å². The highest BCUT2D eigenvalue weighted by molar-refractivity contribution is 7.21. The highest BCUT2D eigenvalue weighted by Crippen LogP contribution is 2.33. The Morgan fingerprint density at radius 3 is 2.55 bits per heavy atom. The molecule has 3 aromatic carbocycles. The van der Waals surface area contributed by atoms with Gasteiger partial charge in [0.2, 0.25) is 5.13 Å². The molecule has 0 aliphatic carbocycles. The molecule has 154 valence electrons. The Balaban J connectivity index is 1.74. The van der Waals surface area contributed by atoms with E-state index in [1.807, 2.05) is 54.6 Å². The number of benzene rings is 3. The lowest BCUT2D eigenvalue weighted by Gasteiger charge is -2.10. The second kappa shape index (κ2) is 7.89. The molecule has 6 heteroatoms. The van der Waals surface area contributed by atoms with Crippen molar-refractivity contribution >= 4 is 37.7 Å². The maximum absolute atomic E-state index is 6.24. The molecule has 0 amide bonds. The Bertz CT molecular complexity index is 1450. The number of methoxy groups -OCH3 is 2. The van der Waals surface area contributed by atoms with Crippen LogP contribution in [0, 0.1) is 6.92 Å². The summed E-state index contributed by atoms with van der Waals surface area (Å²) >= 11 is 1.57. The molecule has 5 nitrogen and oxygen atoms in total. The van der Waals surface area contributed by atoms with Crippen molar-refractivity contribution in [1.82, 2.24) is 4.98 Å². The molecule has 0 aliphatic rings. The molecule has 0 spiro atoms. The average molecular weight is 429 g/mol. The topological polar surface area (TPSA) is 56.9 Å². The van der Waals surface area contributed by atoms with E-state index in [1.54, 1.807) is 25.6 Å². The molecule has 0 fully saturated rings. The molecule has 2 heterocycles. The molecular formula is C25H20N2O3S. The van der Waals surface area contributed by atoms with Gasteiger partial charge in [0.15, 0.2) is 11.5 Å². The zero-order chi connectivity index (χ0) is 21.4. The fourth-order valence-electron chi connectivity index (χ4n) is 3.52.